The molecular weight excluding hydrogens is 446 g/mol. The van der Waals surface area contributed by atoms with Crippen LogP contribution >= 0.6 is 0 Å². The standard InChI is InChI=1S/C31H37N3O2/c1-20-9-10-23(17-21(20)2)18-29(35)34-31-28(15-11-22-7-5-4-6-8-22)32-30-26-14-13-25(36-3)19-24(26)12-16-27(30)33-31/h9-10,13-14,17,19,22H,4-8,11-12,15-16,18H2,1-3H3,(H,33,34,35). The van der Waals surface area contributed by atoms with Gasteiger partial charge in [-0.1, -0.05) is 50.3 Å². The number of aromatic nitrogens is 2. The van der Waals surface area contributed by atoms with Crippen LogP contribution in [0, 0.1) is 19.8 Å². The SMILES string of the molecule is COc1ccc2c(c1)CCc1nc(NC(=O)Cc3ccc(C)c(C)c3)c(CCC3CCCCC3)nc1-2. The highest BCUT2D eigenvalue weighted by atomic mass is 16.5. The molecule has 0 spiro atoms. The second-order valence-corrected chi connectivity index (χ2v) is 10.5. The zero-order chi connectivity index (χ0) is 25.1. The largest absolute Gasteiger partial charge is 0.497 e. The van der Waals surface area contributed by atoms with Crippen LogP contribution in [0.4, 0.5) is 5.82 Å². The molecule has 1 N–H and O–H groups in total. The fraction of sp³-hybridized carbons (Fsp3) is 0.452. The molecule has 5 rings (SSSR count). The minimum Gasteiger partial charge on any atom is -0.497 e. The average Bonchev–Trinajstić information content (AvgIpc) is 2.89. The Labute approximate surface area is 214 Å². The van der Waals surface area contributed by atoms with E-state index in [9.17, 15) is 4.79 Å². The maximum absolute atomic E-state index is 13.1. The van der Waals surface area contributed by atoms with Crippen LogP contribution < -0.4 is 10.1 Å². The van der Waals surface area contributed by atoms with Crippen molar-refractivity contribution in [2.24, 2.45) is 5.92 Å². The van der Waals surface area contributed by atoms with Crippen LogP contribution in [-0.2, 0) is 30.5 Å². The van der Waals surface area contributed by atoms with Crippen LogP contribution in [0.25, 0.3) is 11.3 Å². The van der Waals surface area contributed by atoms with E-state index >= 15 is 0 Å². The van der Waals surface area contributed by atoms with Crippen molar-refractivity contribution >= 4 is 11.7 Å². The van der Waals surface area contributed by atoms with E-state index in [2.05, 4.69) is 43.4 Å². The minimum absolute atomic E-state index is 0.0348. The first kappa shape index (κ1) is 24.5. The van der Waals surface area contributed by atoms with Crippen molar-refractivity contribution in [2.45, 2.75) is 78.1 Å². The monoisotopic (exact) mass is 483 g/mol. The summed E-state index contributed by atoms with van der Waals surface area (Å²) in [6.07, 6.45) is 10.6. The van der Waals surface area contributed by atoms with Gasteiger partial charge in [-0.25, -0.2) is 9.97 Å². The number of carbonyl (C=O) groups is 1. The predicted octanol–water partition coefficient (Wildman–Crippen LogP) is 6.56. The number of carbonyl (C=O) groups excluding carboxylic acids is 1. The van der Waals surface area contributed by atoms with Gasteiger partial charge in [0.1, 0.15) is 5.75 Å². The van der Waals surface area contributed by atoms with Gasteiger partial charge in [-0.05, 0) is 85.9 Å². The molecule has 5 heteroatoms. The lowest BCUT2D eigenvalue weighted by Gasteiger charge is -2.23. The maximum Gasteiger partial charge on any atom is 0.229 e. The molecule has 1 aromatic heterocycles. The average molecular weight is 484 g/mol. The number of hydrogen-bond acceptors (Lipinski definition) is 4. The van der Waals surface area contributed by atoms with Crippen LogP contribution in [0.3, 0.4) is 0 Å². The van der Waals surface area contributed by atoms with Crippen LogP contribution in [0.5, 0.6) is 5.75 Å². The molecule has 2 aliphatic carbocycles. The molecule has 0 bridgehead atoms. The van der Waals surface area contributed by atoms with E-state index in [0.717, 1.165) is 65.6 Å². The normalized spacial score (nSPS) is 15.2. The van der Waals surface area contributed by atoms with Crippen LogP contribution in [0.2, 0.25) is 0 Å². The second-order valence-electron chi connectivity index (χ2n) is 10.5. The molecule has 0 unspecified atom stereocenters. The zero-order valence-corrected chi connectivity index (χ0v) is 21.8. The van der Waals surface area contributed by atoms with Gasteiger partial charge in [0.2, 0.25) is 5.91 Å². The molecule has 36 heavy (non-hydrogen) atoms. The molecule has 1 fully saturated rings. The molecule has 2 aliphatic rings. The number of ether oxygens (including phenoxy) is 1. The molecule has 1 amide bonds. The van der Waals surface area contributed by atoms with Crippen molar-refractivity contribution in [2.75, 3.05) is 12.4 Å². The number of nitrogens with zero attached hydrogens (tertiary/aromatic N) is 2. The van der Waals surface area contributed by atoms with E-state index in [-0.39, 0.29) is 5.91 Å². The summed E-state index contributed by atoms with van der Waals surface area (Å²) < 4.78 is 5.44. The summed E-state index contributed by atoms with van der Waals surface area (Å²) >= 11 is 0. The number of rotatable bonds is 7. The third kappa shape index (κ3) is 5.45. The zero-order valence-electron chi connectivity index (χ0n) is 21.8. The lowest BCUT2D eigenvalue weighted by molar-refractivity contribution is -0.115. The van der Waals surface area contributed by atoms with Crippen molar-refractivity contribution in [1.82, 2.24) is 9.97 Å². The molecule has 5 nitrogen and oxygen atoms in total. The quantitative estimate of drug-likeness (QED) is 0.413. The number of benzene rings is 2. The number of aryl methyl sites for hydroxylation is 5. The lowest BCUT2D eigenvalue weighted by atomic mass is 9.85. The summed E-state index contributed by atoms with van der Waals surface area (Å²) in [6.45, 7) is 4.18. The van der Waals surface area contributed by atoms with Gasteiger partial charge in [0.05, 0.1) is 30.6 Å². The van der Waals surface area contributed by atoms with Gasteiger partial charge in [-0.3, -0.25) is 4.79 Å². The Morgan fingerprint density at radius 2 is 1.83 bits per heavy atom. The second kappa shape index (κ2) is 10.8. The van der Waals surface area contributed by atoms with Crippen molar-refractivity contribution < 1.29 is 9.53 Å². The first-order valence-electron chi connectivity index (χ1n) is 13.4. The Bertz CT molecular complexity index is 1260. The van der Waals surface area contributed by atoms with Crippen molar-refractivity contribution in [3.05, 3.63) is 70.0 Å². The molecule has 0 saturated heterocycles. The Balaban J connectivity index is 1.42. The van der Waals surface area contributed by atoms with Crippen LogP contribution in [0.1, 0.15) is 72.2 Å². The number of methoxy groups -OCH3 is 1. The van der Waals surface area contributed by atoms with Crippen molar-refractivity contribution in [1.29, 1.82) is 0 Å². The van der Waals surface area contributed by atoms with Gasteiger partial charge in [-0.2, -0.15) is 0 Å². The number of fused-ring (bicyclic) bond motifs is 3. The van der Waals surface area contributed by atoms with Gasteiger partial charge >= 0.3 is 0 Å². The minimum atomic E-state index is -0.0348. The number of anilines is 1. The third-order valence-electron chi connectivity index (χ3n) is 7.95. The van der Waals surface area contributed by atoms with E-state index < -0.39 is 0 Å². The third-order valence-corrected chi connectivity index (χ3v) is 7.95. The number of hydrogen-bond donors (Lipinski definition) is 1. The van der Waals surface area contributed by atoms with Crippen molar-refractivity contribution in [3.63, 3.8) is 0 Å². The highest BCUT2D eigenvalue weighted by Gasteiger charge is 2.24. The molecule has 188 valence electrons. The van der Waals surface area contributed by atoms with Gasteiger partial charge in [0, 0.05) is 5.56 Å². The van der Waals surface area contributed by atoms with Gasteiger partial charge in [0.25, 0.3) is 0 Å². The van der Waals surface area contributed by atoms with E-state index in [4.69, 9.17) is 14.7 Å². The summed E-state index contributed by atoms with van der Waals surface area (Å²) in [5.41, 5.74) is 8.70. The summed E-state index contributed by atoms with van der Waals surface area (Å²) in [5, 5.41) is 3.14. The Morgan fingerprint density at radius 3 is 2.61 bits per heavy atom. The molecule has 1 saturated carbocycles. The van der Waals surface area contributed by atoms with Crippen LogP contribution in [-0.4, -0.2) is 23.0 Å². The first-order valence-corrected chi connectivity index (χ1v) is 13.4. The Morgan fingerprint density at radius 1 is 1.00 bits per heavy atom. The van der Waals surface area contributed by atoms with E-state index in [0.29, 0.717) is 12.2 Å². The fourth-order valence-corrected chi connectivity index (χ4v) is 5.65. The molecular formula is C31H37N3O2. The maximum atomic E-state index is 13.1. The molecule has 0 atom stereocenters. The Kier molecular flexibility index (Phi) is 7.35. The number of amides is 1. The predicted molar refractivity (Wildman–Crippen MR) is 145 cm³/mol. The highest BCUT2D eigenvalue weighted by molar-refractivity contribution is 5.92. The Hall–Kier alpha value is -3.21. The summed E-state index contributed by atoms with van der Waals surface area (Å²) in [4.78, 5) is 23.2. The summed E-state index contributed by atoms with van der Waals surface area (Å²) in [7, 11) is 1.70. The van der Waals surface area contributed by atoms with E-state index in [1.165, 1.54) is 48.8 Å². The van der Waals surface area contributed by atoms with Gasteiger partial charge in [0.15, 0.2) is 5.82 Å². The van der Waals surface area contributed by atoms with E-state index in [1.54, 1.807) is 7.11 Å². The molecule has 2 aromatic carbocycles. The summed E-state index contributed by atoms with van der Waals surface area (Å²) in [5.74, 6) is 2.23. The smallest absolute Gasteiger partial charge is 0.229 e. The van der Waals surface area contributed by atoms with Crippen molar-refractivity contribution in [3.8, 4) is 17.0 Å². The highest BCUT2D eigenvalue weighted by Crippen LogP contribution is 2.36. The van der Waals surface area contributed by atoms with Gasteiger partial charge in [-0.15, -0.1) is 0 Å². The first-order chi connectivity index (χ1) is 17.5. The molecule has 0 radical (unpaired) electrons. The molecule has 0 aliphatic heterocycles. The van der Waals surface area contributed by atoms with E-state index in [1.807, 2.05) is 12.1 Å². The molecule has 3 aromatic rings. The van der Waals surface area contributed by atoms with Gasteiger partial charge < -0.3 is 10.1 Å². The number of nitrogens with one attached hydrogen (secondary N) is 1. The topological polar surface area (TPSA) is 64.1 Å². The lowest BCUT2D eigenvalue weighted by Crippen LogP contribution is -2.20. The fourth-order valence-electron chi connectivity index (χ4n) is 5.65. The van der Waals surface area contributed by atoms with Crippen LogP contribution in [0.15, 0.2) is 36.4 Å². The summed E-state index contributed by atoms with van der Waals surface area (Å²) in [6, 6.07) is 12.4. The molecule has 1 heterocycles.